The van der Waals surface area contributed by atoms with Gasteiger partial charge >= 0.3 is 0 Å². The molecule has 0 bridgehead atoms. The minimum Gasteiger partial charge on any atom is -0.351 e. The van der Waals surface area contributed by atoms with Crippen molar-refractivity contribution in [1.29, 1.82) is 0 Å². The molecule has 22 heavy (non-hydrogen) atoms. The molecule has 4 rings (SSSR count). The Kier molecular flexibility index (Phi) is 2.86. The Morgan fingerprint density at radius 3 is 2.82 bits per heavy atom. The molecule has 4 aromatic rings. The summed E-state index contributed by atoms with van der Waals surface area (Å²) < 4.78 is 0. The third kappa shape index (κ3) is 2.11. The number of aromatic nitrogens is 2. The van der Waals surface area contributed by atoms with E-state index >= 15 is 0 Å². The van der Waals surface area contributed by atoms with Crippen molar-refractivity contribution in [3.8, 4) is 0 Å². The van der Waals surface area contributed by atoms with Crippen molar-refractivity contribution >= 4 is 33.4 Å². The van der Waals surface area contributed by atoms with Crippen molar-refractivity contribution in [1.82, 2.24) is 9.97 Å². The van der Waals surface area contributed by atoms with E-state index in [1.807, 2.05) is 60.7 Å². The van der Waals surface area contributed by atoms with Crippen LogP contribution in [0.5, 0.6) is 0 Å². The fourth-order valence-electron chi connectivity index (χ4n) is 2.60. The highest BCUT2D eigenvalue weighted by molar-refractivity contribution is 6.09. The Morgan fingerprint density at radius 2 is 1.91 bits per heavy atom. The zero-order valence-corrected chi connectivity index (χ0v) is 11.7. The number of H-pyrrole nitrogens is 1. The normalized spacial score (nSPS) is 10.9. The van der Waals surface area contributed by atoms with Gasteiger partial charge in [-0.1, -0.05) is 24.3 Å². The first-order valence-corrected chi connectivity index (χ1v) is 7.04. The molecule has 106 valence electrons. The SMILES string of the molecule is O=C(Nc1cccc2ncccc12)c1cc2ccccc2[nH]1. The highest BCUT2D eigenvalue weighted by Crippen LogP contribution is 2.22. The van der Waals surface area contributed by atoms with Crippen molar-refractivity contribution in [2.45, 2.75) is 0 Å². The molecule has 0 fully saturated rings. The van der Waals surface area contributed by atoms with Crippen LogP contribution in [0, 0.1) is 0 Å². The minimum atomic E-state index is -0.160. The van der Waals surface area contributed by atoms with Gasteiger partial charge in [0.05, 0.1) is 11.2 Å². The Hall–Kier alpha value is -3.14. The van der Waals surface area contributed by atoms with E-state index in [4.69, 9.17) is 0 Å². The molecular formula is C18H13N3O. The standard InChI is InChI=1S/C18H13N3O/c22-18(17-11-12-5-1-2-7-14(12)20-17)21-16-9-3-8-15-13(16)6-4-10-19-15/h1-11,20H,(H,21,22). The van der Waals surface area contributed by atoms with E-state index in [0.29, 0.717) is 5.69 Å². The van der Waals surface area contributed by atoms with Gasteiger partial charge in [0, 0.05) is 22.5 Å². The molecular weight excluding hydrogens is 274 g/mol. The van der Waals surface area contributed by atoms with Crippen LogP contribution in [0.25, 0.3) is 21.8 Å². The lowest BCUT2D eigenvalue weighted by atomic mass is 10.2. The van der Waals surface area contributed by atoms with E-state index in [1.165, 1.54) is 0 Å². The number of amides is 1. The van der Waals surface area contributed by atoms with Crippen molar-refractivity contribution in [3.63, 3.8) is 0 Å². The molecule has 0 saturated heterocycles. The number of para-hydroxylation sites is 1. The van der Waals surface area contributed by atoms with Crippen LogP contribution in [-0.2, 0) is 0 Å². The number of anilines is 1. The zero-order chi connectivity index (χ0) is 14.9. The Bertz CT molecular complexity index is 949. The number of nitrogens with zero attached hydrogens (tertiary/aromatic N) is 1. The number of benzene rings is 2. The Morgan fingerprint density at radius 1 is 1.00 bits per heavy atom. The molecule has 0 aliphatic heterocycles. The lowest BCUT2D eigenvalue weighted by Crippen LogP contribution is -2.12. The van der Waals surface area contributed by atoms with Gasteiger partial charge in [0.2, 0.25) is 0 Å². The molecule has 0 atom stereocenters. The largest absolute Gasteiger partial charge is 0.351 e. The first-order chi connectivity index (χ1) is 10.8. The van der Waals surface area contributed by atoms with Crippen LogP contribution in [0.15, 0.2) is 66.9 Å². The molecule has 2 heterocycles. The lowest BCUT2D eigenvalue weighted by Gasteiger charge is -2.07. The molecule has 1 amide bonds. The Balaban J connectivity index is 1.71. The summed E-state index contributed by atoms with van der Waals surface area (Å²) in [6.45, 7) is 0. The number of rotatable bonds is 2. The predicted molar refractivity (Wildman–Crippen MR) is 88.0 cm³/mol. The van der Waals surface area contributed by atoms with Crippen LogP contribution < -0.4 is 5.32 Å². The van der Waals surface area contributed by atoms with Gasteiger partial charge in [-0.25, -0.2) is 0 Å². The molecule has 4 nitrogen and oxygen atoms in total. The number of carbonyl (C=O) groups excluding carboxylic acids is 1. The summed E-state index contributed by atoms with van der Waals surface area (Å²) in [6.07, 6.45) is 1.74. The molecule has 2 aromatic heterocycles. The predicted octanol–water partition coefficient (Wildman–Crippen LogP) is 3.97. The third-order valence-electron chi connectivity index (χ3n) is 3.67. The van der Waals surface area contributed by atoms with Gasteiger partial charge in [-0.15, -0.1) is 0 Å². The fourth-order valence-corrected chi connectivity index (χ4v) is 2.60. The number of nitrogens with one attached hydrogen (secondary N) is 2. The van der Waals surface area contributed by atoms with Crippen LogP contribution >= 0.6 is 0 Å². The number of aromatic amines is 1. The molecule has 0 aliphatic rings. The van der Waals surface area contributed by atoms with E-state index in [9.17, 15) is 4.79 Å². The number of carbonyl (C=O) groups is 1. The van der Waals surface area contributed by atoms with Gasteiger partial charge in [0.1, 0.15) is 5.69 Å². The Labute approximate surface area is 126 Å². The zero-order valence-electron chi connectivity index (χ0n) is 11.7. The third-order valence-corrected chi connectivity index (χ3v) is 3.67. The molecule has 0 radical (unpaired) electrons. The highest BCUT2D eigenvalue weighted by Gasteiger charge is 2.11. The molecule has 2 N–H and O–H groups in total. The maximum absolute atomic E-state index is 12.5. The molecule has 0 aliphatic carbocycles. The van der Waals surface area contributed by atoms with E-state index in [1.54, 1.807) is 6.20 Å². The van der Waals surface area contributed by atoms with Crippen LogP contribution in [0.4, 0.5) is 5.69 Å². The summed E-state index contributed by atoms with van der Waals surface area (Å²) in [7, 11) is 0. The molecule has 0 unspecified atom stereocenters. The number of fused-ring (bicyclic) bond motifs is 2. The van der Waals surface area contributed by atoms with Crippen LogP contribution in [0.1, 0.15) is 10.5 Å². The van der Waals surface area contributed by atoms with E-state index in [-0.39, 0.29) is 5.91 Å². The first kappa shape index (κ1) is 12.6. The lowest BCUT2D eigenvalue weighted by molar-refractivity contribution is 0.102. The maximum Gasteiger partial charge on any atom is 0.272 e. The molecule has 0 spiro atoms. The summed E-state index contributed by atoms with van der Waals surface area (Å²) >= 11 is 0. The topological polar surface area (TPSA) is 57.8 Å². The monoisotopic (exact) mass is 287 g/mol. The second-order valence-corrected chi connectivity index (χ2v) is 5.10. The van der Waals surface area contributed by atoms with E-state index in [0.717, 1.165) is 27.5 Å². The van der Waals surface area contributed by atoms with Gasteiger partial charge in [-0.2, -0.15) is 0 Å². The molecule has 4 heteroatoms. The maximum atomic E-state index is 12.5. The van der Waals surface area contributed by atoms with Crippen LogP contribution in [0.3, 0.4) is 0 Å². The van der Waals surface area contributed by atoms with Crippen molar-refractivity contribution < 1.29 is 4.79 Å². The van der Waals surface area contributed by atoms with Crippen molar-refractivity contribution in [2.75, 3.05) is 5.32 Å². The second-order valence-electron chi connectivity index (χ2n) is 5.10. The second kappa shape index (κ2) is 5.00. The van der Waals surface area contributed by atoms with Crippen molar-refractivity contribution in [2.24, 2.45) is 0 Å². The molecule has 2 aromatic carbocycles. The highest BCUT2D eigenvalue weighted by atomic mass is 16.1. The summed E-state index contributed by atoms with van der Waals surface area (Å²) in [5, 5.41) is 4.90. The number of hydrogen-bond acceptors (Lipinski definition) is 2. The van der Waals surface area contributed by atoms with Gasteiger partial charge in [0.15, 0.2) is 0 Å². The average molecular weight is 287 g/mol. The van der Waals surface area contributed by atoms with E-state index in [2.05, 4.69) is 15.3 Å². The summed E-state index contributed by atoms with van der Waals surface area (Å²) in [6, 6.07) is 19.2. The number of hydrogen-bond donors (Lipinski definition) is 2. The smallest absolute Gasteiger partial charge is 0.272 e. The van der Waals surface area contributed by atoms with Crippen molar-refractivity contribution in [3.05, 3.63) is 72.6 Å². The van der Waals surface area contributed by atoms with E-state index < -0.39 is 0 Å². The summed E-state index contributed by atoms with van der Waals surface area (Å²) in [4.78, 5) is 19.9. The van der Waals surface area contributed by atoms with Gasteiger partial charge < -0.3 is 10.3 Å². The van der Waals surface area contributed by atoms with Gasteiger partial charge in [-0.3, -0.25) is 9.78 Å². The average Bonchev–Trinajstić information content (AvgIpc) is 2.99. The summed E-state index contributed by atoms with van der Waals surface area (Å²) in [5.74, 6) is -0.160. The minimum absolute atomic E-state index is 0.160. The first-order valence-electron chi connectivity index (χ1n) is 7.04. The van der Waals surface area contributed by atoms with Gasteiger partial charge in [0.25, 0.3) is 5.91 Å². The molecule has 0 saturated carbocycles. The quantitative estimate of drug-likeness (QED) is 0.586. The van der Waals surface area contributed by atoms with Crippen LogP contribution in [0.2, 0.25) is 0 Å². The fraction of sp³-hybridized carbons (Fsp3) is 0. The van der Waals surface area contributed by atoms with Gasteiger partial charge in [-0.05, 0) is 36.4 Å². The van der Waals surface area contributed by atoms with Crippen LogP contribution in [-0.4, -0.2) is 15.9 Å². The summed E-state index contributed by atoms with van der Waals surface area (Å²) in [5.41, 5.74) is 3.11. The number of pyridine rings is 1.